The third-order valence-electron chi connectivity index (χ3n) is 3.13. The molecule has 0 bridgehead atoms. The molecule has 1 N–H and O–H groups in total. The van der Waals surface area contributed by atoms with Gasteiger partial charge in [-0.25, -0.2) is 0 Å². The summed E-state index contributed by atoms with van der Waals surface area (Å²) in [4.78, 5) is 2.35. The molecule has 98 valence electrons. The quantitative estimate of drug-likeness (QED) is 0.807. The van der Waals surface area contributed by atoms with Crippen molar-refractivity contribution in [3.8, 4) is 0 Å². The van der Waals surface area contributed by atoms with Crippen LogP contribution in [0.2, 0.25) is 0 Å². The van der Waals surface area contributed by atoms with Gasteiger partial charge < -0.3 is 19.7 Å². The van der Waals surface area contributed by atoms with Crippen LogP contribution < -0.4 is 5.32 Å². The molecule has 0 saturated carbocycles. The van der Waals surface area contributed by atoms with E-state index in [0.717, 1.165) is 51.4 Å². The molecule has 0 aromatic rings. The number of morpholine rings is 1. The van der Waals surface area contributed by atoms with Gasteiger partial charge in [0.15, 0.2) is 0 Å². The van der Waals surface area contributed by atoms with Crippen molar-refractivity contribution in [2.45, 2.75) is 38.9 Å². The lowest BCUT2D eigenvalue weighted by Gasteiger charge is -2.33. The molecule has 4 nitrogen and oxygen atoms in total. The lowest BCUT2D eigenvalue weighted by Crippen LogP contribution is -2.36. The Morgan fingerprint density at radius 3 is 2.76 bits per heavy atom. The third kappa shape index (κ3) is 4.21. The van der Waals surface area contributed by atoms with Crippen LogP contribution in [0.15, 0.2) is 12.0 Å². The topological polar surface area (TPSA) is 33.7 Å². The first-order valence-corrected chi connectivity index (χ1v) is 6.68. The van der Waals surface area contributed by atoms with Crippen molar-refractivity contribution < 1.29 is 9.47 Å². The second kappa shape index (κ2) is 6.26. The third-order valence-corrected chi connectivity index (χ3v) is 3.13. The molecule has 2 aliphatic heterocycles. The Balaban J connectivity index is 1.74. The van der Waals surface area contributed by atoms with Gasteiger partial charge in [0.05, 0.1) is 18.8 Å². The second-order valence-corrected chi connectivity index (χ2v) is 5.04. The van der Waals surface area contributed by atoms with Crippen LogP contribution in [0.3, 0.4) is 0 Å². The molecular formula is C13H24N2O2. The average Bonchev–Trinajstić information content (AvgIpc) is 2.32. The first-order chi connectivity index (χ1) is 8.24. The number of nitrogens with one attached hydrogen (secondary N) is 1. The molecule has 17 heavy (non-hydrogen) atoms. The largest absolute Gasteiger partial charge is 0.494 e. The Labute approximate surface area is 104 Å². The molecule has 2 aliphatic rings. The zero-order chi connectivity index (χ0) is 12.1. The van der Waals surface area contributed by atoms with Gasteiger partial charge in [0.1, 0.15) is 12.4 Å². The van der Waals surface area contributed by atoms with Gasteiger partial charge in [-0.3, -0.25) is 0 Å². The minimum Gasteiger partial charge on any atom is -0.494 e. The summed E-state index contributed by atoms with van der Waals surface area (Å²) in [6, 6.07) is 0. The second-order valence-electron chi connectivity index (χ2n) is 5.04. The van der Waals surface area contributed by atoms with Crippen LogP contribution in [0.25, 0.3) is 0 Å². The summed E-state index contributed by atoms with van der Waals surface area (Å²) < 4.78 is 11.4. The van der Waals surface area contributed by atoms with Crippen molar-refractivity contribution >= 4 is 0 Å². The van der Waals surface area contributed by atoms with E-state index in [0.29, 0.717) is 12.2 Å². The summed E-state index contributed by atoms with van der Waals surface area (Å²) in [5.41, 5.74) is 0. The Morgan fingerprint density at radius 1 is 1.41 bits per heavy atom. The van der Waals surface area contributed by atoms with E-state index < -0.39 is 0 Å². The smallest absolute Gasteiger partial charge is 0.126 e. The predicted octanol–water partition coefficient (Wildman–Crippen LogP) is 1.34. The fourth-order valence-electron chi connectivity index (χ4n) is 2.33. The van der Waals surface area contributed by atoms with Crippen LogP contribution in [0.5, 0.6) is 0 Å². The van der Waals surface area contributed by atoms with Crippen molar-refractivity contribution in [1.29, 1.82) is 0 Å². The van der Waals surface area contributed by atoms with Crippen LogP contribution in [0, 0.1) is 0 Å². The summed E-state index contributed by atoms with van der Waals surface area (Å²) >= 11 is 0. The molecule has 2 fully saturated rings. The lowest BCUT2D eigenvalue weighted by atomic mass is 10.1. The zero-order valence-corrected chi connectivity index (χ0v) is 10.9. The zero-order valence-electron chi connectivity index (χ0n) is 10.9. The molecule has 0 amide bonds. The standard InChI is InChI=1S/C13H24N2O2/c1-11(2)17-12-3-6-15(7-4-12)10-13-9-14-5-8-16-13/h10-12,14H,3-9H2,1-2H3. The van der Waals surface area contributed by atoms with Crippen molar-refractivity contribution in [3.05, 3.63) is 12.0 Å². The lowest BCUT2D eigenvalue weighted by molar-refractivity contribution is -0.0213. The molecule has 0 unspecified atom stereocenters. The van der Waals surface area contributed by atoms with Crippen molar-refractivity contribution in [1.82, 2.24) is 10.2 Å². The summed E-state index contributed by atoms with van der Waals surface area (Å²) in [5, 5.41) is 3.31. The Morgan fingerprint density at radius 2 is 2.18 bits per heavy atom. The monoisotopic (exact) mass is 240 g/mol. The highest BCUT2D eigenvalue weighted by Gasteiger charge is 2.19. The number of hydrogen-bond donors (Lipinski definition) is 1. The highest BCUT2D eigenvalue weighted by molar-refractivity contribution is 4.98. The van der Waals surface area contributed by atoms with Crippen LogP contribution in [0.4, 0.5) is 0 Å². The van der Waals surface area contributed by atoms with Gasteiger partial charge in [0.2, 0.25) is 0 Å². The average molecular weight is 240 g/mol. The van der Waals surface area contributed by atoms with Crippen LogP contribution in [-0.2, 0) is 9.47 Å². The van der Waals surface area contributed by atoms with E-state index in [1.54, 1.807) is 0 Å². The van der Waals surface area contributed by atoms with E-state index >= 15 is 0 Å². The van der Waals surface area contributed by atoms with E-state index in [1.807, 2.05) is 0 Å². The van der Waals surface area contributed by atoms with Gasteiger partial charge in [-0.1, -0.05) is 0 Å². The number of ether oxygens (including phenoxy) is 2. The first-order valence-electron chi connectivity index (χ1n) is 6.68. The van der Waals surface area contributed by atoms with Gasteiger partial charge in [0.25, 0.3) is 0 Å². The number of likely N-dealkylation sites (tertiary alicyclic amines) is 1. The maximum absolute atomic E-state index is 5.84. The Kier molecular flexibility index (Phi) is 4.68. The number of nitrogens with zero attached hydrogens (tertiary/aromatic N) is 1. The fourth-order valence-corrected chi connectivity index (χ4v) is 2.33. The predicted molar refractivity (Wildman–Crippen MR) is 67.7 cm³/mol. The summed E-state index contributed by atoms with van der Waals surface area (Å²) in [6.07, 6.45) is 5.19. The number of hydrogen-bond acceptors (Lipinski definition) is 4. The van der Waals surface area contributed by atoms with Gasteiger partial charge in [-0.2, -0.15) is 0 Å². The molecule has 0 atom stereocenters. The molecule has 0 aromatic carbocycles. The SMILES string of the molecule is CC(C)OC1CCN(C=C2CNCCO2)CC1. The maximum Gasteiger partial charge on any atom is 0.126 e. The molecular weight excluding hydrogens is 216 g/mol. The van der Waals surface area contributed by atoms with E-state index in [4.69, 9.17) is 9.47 Å². The number of rotatable bonds is 3. The Bertz CT molecular complexity index is 250. The van der Waals surface area contributed by atoms with Gasteiger partial charge >= 0.3 is 0 Å². The van der Waals surface area contributed by atoms with Gasteiger partial charge in [-0.15, -0.1) is 0 Å². The molecule has 4 heteroatoms. The first kappa shape index (κ1) is 12.7. The summed E-state index contributed by atoms with van der Waals surface area (Å²) in [6.45, 7) is 8.98. The number of piperidine rings is 1. The van der Waals surface area contributed by atoms with Crippen LogP contribution in [-0.4, -0.2) is 49.9 Å². The minimum absolute atomic E-state index is 0.343. The normalized spacial score (nSPS) is 25.4. The Hall–Kier alpha value is -0.740. The summed E-state index contributed by atoms with van der Waals surface area (Å²) in [5.74, 6) is 1.07. The summed E-state index contributed by atoms with van der Waals surface area (Å²) in [7, 11) is 0. The highest BCUT2D eigenvalue weighted by Crippen LogP contribution is 2.16. The van der Waals surface area contributed by atoms with Gasteiger partial charge in [0, 0.05) is 25.8 Å². The molecule has 2 heterocycles. The molecule has 0 aromatic heterocycles. The van der Waals surface area contributed by atoms with Crippen molar-refractivity contribution in [2.75, 3.05) is 32.8 Å². The van der Waals surface area contributed by atoms with Crippen molar-refractivity contribution in [2.24, 2.45) is 0 Å². The highest BCUT2D eigenvalue weighted by atomic mass is 16.5. The van der Waals surface area contributed by atoms with E-state index in [2.05, 4.69) is 30.3 Å². The van der Waals surface area contributed by atoms with Crippen LogP contribution >= 0.6 is 0 Å². The van der Waals surface area contributed by atoms with Crippen molar-refractivity contribution in [3.63, 3.8) is 0 Å². The van der Waals surface area contributed by atoms with E-state index in [1.165, 1.54) is 0 Å². The van der Waals surface area contributed by atoms with E-state index in [-0.39, 0.29) is 0 Å². The van der Waals surface area contributed by atoms with Gasteiger partial charge in [-0.05, 0) is 26.7 Å². The molecule has 0 radical (unpaired) electrons. The van der Waals surface area contributed by atoms with Crippen LogP contribution in [0.1, 0.15) is 26.7 Å². The molecule has 2 rings (SSSR count). The maximum atomic E-state index is 5.84. The molecule has 2 saturated heterocycles. The minimum atomic E-state index is 0.343. The van der Waals surface area contributed by atoms with E-state index in [9.17, 15) is 0 Å². The fraction of sp³-hybridized carbons (Fsp3) is 0.846. The molecule has 0 spiro atoms. The molecule has 0 aliphatic carbocycles.